The molecule has 12 heavy (non-hydrogen) atoms. The molecule has 1 nitrogen and oxygen atoms in total. The molecule has 0 aromatic carbocycles. The zero-order valence-corrected chi connectivity index (χ0v) is 8.43. The molecule has 0 bridgehead atoms. The molecule has 0 aromatic heterocycles. The molecule has 0 atom stereocenters. The summed E-state index contributed by atoms with van der Waals surface area (Å²) in [5, 5.41) is 8.73. The molecular weight excluding hydrogens is 148 g/mol. The maximum atomic E-state index is 8.73. The van der Waals surface area contributed by atoms with Gasteiger partial charge in [0.25, 0.3) is 0 Å². The summed E-state index contributed by atoms with van der Waals surface area (Å²) in [6.45, 7) is 6.66. The SMILES string of the molecule is CCC(C)=CC=C(CC)CCO. The van der Waals surface area contributed by atoms with Crippen LogP contribution < -0.4 is 0 Å². The molecule has 0 rings (SSSR count). The maximum Gasteiger partial charge on any atom is 0.0468 e. The van der Waals surface area contributed by atoms with Crippen molar-refractivity contribution in [1.29, 1.82) is 0 Å². The molecule has 0 heterocycles. The fourth-order valence-corrected chi connectivity index (χ4v) is 0.900. The number of aliphatic hydroxyl groups is 1. The van der Waals surface area contributed by atoms with Gasteiger partial charge in [-0.15, -0.1) is 0 Å². The number of hydrogen-bond donors (Lipinski definition) is 1. The first-order chi connectivity index (χ1) is 5.74. The van der Waals surface area contributed by atoms with Gasteiger partial charge in [-0.3, -0.25) is 0 Å². The largest absolute Gasteiger partial charge is 0.396 e. The average molecular weight is 168 g/mol. The monoisotopic (exact) mass is 168 g/mol. The van der Waals surface area contributed by atoms with Crippen molar-refractivity contribution in [3.8, 4) is 0 Å². The van der Waals surface area contributed by atoms with E-state index in [9.17, 15) is 0 Å². The fraction of sp³-hybridized carbons (Fsp3) is 0.636. The van der Waals surface area contributed by atoms with Crippen LogP contribution in [0.3, 0.4) is 0 Å². The lowest BCUT2D eigenvalue weighted by Gasteiger charge is -1.99. The van der Waals surface area contributed by atoms with Gasteiger partial charge in [0.1, 0.15) is 0 Å². The van der Waals surface area contributed by atoms with Gasteiger partial charge >= 0.3 is 0 Å². The molecule has 0 aliphatic carbocycles. The molecule has 70 valence electrons. The zero-order chi connectivity index (χ0) is 9.40. The fourth-order valence-electron chi connectivity index (χ4n) is 0.900. The second kappa shape index (κ2) is 7.11. The lowest BCUT2D eigenvalue weighted by molar-refractivity contribution is 0.298. The first-order valence-electron chi connectivity index (χ1n) is 4.70. The minimum Gasteiger partial charge on any atom is -0.396 e. The summed E-state index contributed by atoms with van der Waals surface area (Å²) in [7, 11) is 0. The van der Waals surface area contributed by atoms with Gasteiger partial charge in [0.05, 0.1) is 0 Å². The zero-order valence-electron chi connectivity index (χ0n) is 8.43. The van der Waals surface area contributed by atoms with Crippen LogP contribution in [0.15, 0.2) is 23.3 Å². The Labute approximate surface area is 75.8 Å². The highest BCUT2D eigenvalue weighted by atomic mass is 16.2. The molecule has 1 heteroatoms. The van der Waals surface area contributed by atoms with Gasteiger partial charge < -0.3 is 5.11 Å². The minimum absolute atomic E-state index is 0.263. The van der Waals surface area contributed by atoms with Crippen LogP contribution in [0.5, 0.6) is 0 Å². The van der Waals surface area contributed by atoms with E-state index in [1.165, 1.54) is 11.1 Å². The Balaban J connectivity index is 4.09. The molecular formula is C11H20O. The van der Waals surface area contributed by atoms with E-state index in [2.05, 4.69) is 32.9 Å². The van der Waals surface area contributed by atoms with Crippen LogP contribution in [0.4, 0.5) is 0 Å². The molecule has 0 spiro atoms. The van der Waals surface area contributed by atoms with Gasteiger partial charge in [-0.25, -0.2) is 0 Å². The van der Waals surface area contributed by atoms with Gasteiger partial charge in [0, 0.05) is 6.61 Å². The van der Waals surface area contributed by atoms with E-state index >= 15 is 0 Å². The predicted molar refractivity (Wildman–Crippen MR) is 54.1 cm³/mol. The third kappa shape index (κ3) is 5.14. The lowest BCUT2D eigenvalue weighted by atomic mass is 10.1. The number of aliphatic hydroxyl groups excluding tert-OH is 1. The van der Waals surface area contributed by atoms with Crippen molar-refractivity contribution in [2.24, 2.45) is 0 Å². The number of allylic oxidation sites excluding steroid dienone is 3. The van der Waals surface area contributed by atoms with E-state index in [4.69, 9.17) is 5.11 Å². The summed E-state index contributed by atoms with van der Waals surface area (Å²) in [5.41, 5.74) is 2.71. The minimum atomic E-state index is 0.263. The number of rotatable bonds is 5. The molecule has 0 amide bonds. The van der Waals surface area contributed by atoms with Crippen LogP contribution >= 0.6 is 0 Å². The first-order valence-corrected chi connectivity index (χ1v) is 4.70. The van der Waals surface area contributed by atoms with E-state index in [0.717, 1.165) is 19.3 Å². The quantitative estimate of drug-likeness (QED) is 0.625. The van der Waals surface area contributed by atoms with Crippen molar-refractivity contribution in [3.05, 3.63) is 23.3 Å². The molecule has 0 saturated carbocycles. The Morgan fingerprint density at radius 1 is 1.17 bits per heavy atom. The van der Waals surface area contributed by atoms with Crippen molar-refractivity contribution in [2.45, 2.75) is 40.0 Å². The molecule has 0 unspecified atom stereocenters. The number of hydrogen-bond acceptors (Lipinski definition) is 1. The summed E-state index contributed by atoms with van der Waals surface area (Å²) < 4.78 is 0. The van der Waals surface area contributed by atoms with Crippen molar-refractivity contribution in [1.82, 2.24) is 0 Å². The summed E-state index contributed by atoms with van der Waals surface area (Å²) in [4.78, 5) is 0. The second-order valence-corrected chi connectivity index (χ2v) is 3.02. The third-order valence-corrected chi connectivity index (χ3v) is 2.05. The van der Waals surface area contributed by atoms with Crippen molar-refractivity contribution in [2.75, 3.05) is 6.61 Å². The molecule has 0 aliphatic rings. The molecule has 0 radical (unpaired) electrons. The summed E-state index contributed by atoms with van der Waals surface area (Å²) in [5.74, 6) is 0. The van der Waals surface area contributed by atoms with Crippen LogP contribution in [-0.4, -0.2) is 11.7 Å². The Morgan fingerprint density at radius 2 is 1.83 bits per heavy atom. The smallest absolute Gasteiger partial charge is 0.0468 e. The van der Waals surface area contributed by atoms with Gasteiger partial charge in [-0.1, -0.05) is 37.1 Å². The van der Waals surface area contributed by atoms with Crippen LogP contribution in [0, 0.1) is 0 Å². The maximum absolute atomic E-state index is 8.73. The second-order valence-electron chi connectivity index (χ2n) is 3.02. The Kier molecular flexibility index (Phi) is 6.78. The van der Waals surface area contributed by atoms with E-state index in [-0.39, 0.29) is 6.61 Å². The van der Waals surface area contributed by atoms with E-state index in [0.29, 0.717) is 0 Å². The van der Waals surface area contributed by atoms with Crippen molar-refractivity contribution >= 4 is 0 Å². The van der Waals surface area contributed by atoms with E-state index < -0.39 is 0 Å². The lowest BCUT2D eigenvalue weighted by Crippen LogP contribution is -1.86. The highest BCUT2D eigenvalue weighted by molar-refractivity contribution is 5.16. The van der Waals surface area contributed by atoms with Gasteiger partial charge in [0.2, 0.25) is 0 Å². The van der Waals surface area contributed by atoms with Crippen LogP contribution in [0.2, 0.25) is 0 Å². The van der Waals surface area contributed by atoms with Crippen LogP contribution in [0.1, 0.15) is 40.0 Å². The van der Waals surface area contributed by atoms with E-state index in [1.807, 2.05) is 0 Å². The summed E-state index contributed by atoms with van der Waals surface area (Å²) in [6, 6.07) is 0. The molecule has 1 N–H and O–H groups in total. The van der Waals surface area contributed by atoms with Crippen molar-refractivity contribution in [3.63, 3.8) is 0 Å². The van der Waals surface area contributed by atoms with Crippen LogP contribution in [-0.2, 0) is 0 Å². The highest BCUT2D eigenvalue weighted by Crippen LogP contribution is 2.07. The molecule has 0 aliphatic heterocycles. The normalized spacial score (nSPS) is 13.7. The average Bonchev–Trinajstić information content (AvgIpc) is 2.11. The standard InChI is InChI=1S/C11H20O/c1-4-10(3)6-7-11(5-2)8-9-12/h6-7,12H,4-5,8-9H2,1-3H3. The predicted octanol–water partition coefficient (Wildman–Crippen LogP) is 3.06. The van der Waals surface area contributed by atoms with Gasteiger partial charge in [-0.05, 0) is 26.2 Å². The topological polar surface area (TPSA) is 20.2 Å². The Morgan fingerprint density at radius 3 is 2.25 bits per heavy atom. The van der Waals surface area contributed by atoms with Crippen molar-refractivity contribution < 1.29 is 5.11 Å². The highest BCUT2D eigenvalue weighted by Gasteiger charge is 1.90. The summed E-state index contributed by atoms with van der Waals surface area (Å²) >= 11 is 0. The first kappa shape index (κ1) is 11.4. The molecule has 0 aromatic rings. The summed E-state index contributed by atoms with van der Waals surface area (Å²) in [6.07, 6.45) is 7.23. The Bertz CT molecular complexity index is 166. The molecule has 0 saturated heterocycles. The van der Waals surface area contributed by atoms with Gasteiger partial charge in [0.15, 0.2) is 0 Å². The third-order valence-electron chi connectivity index (χ3n) is 2.05. The Hall–Kier alpha value is -0.560. The van der Waals surface area contributed by atoms with Crippen LogP contribution in [0.25, 0.3) is 0 Å². The van der Waals surface area contributed by atoms with E-state index in [1.54, 1.807) is 0 Å². The molecule has 0 fully saturated rings. The van der Waals surface area contributed by atoms with Gasteiger partial charge in [-0.2, -0.15) is 0 Å².